The van der Waals surface area contributed by atoms with E-state index in [-0.39, 0.29) is 17.8 Å². The van der Waals surface area contributed by atoms with Crippen LogP contribution in [0.15, 0.2) is 54.7 Å². The van der Waals surface area contributed by atoms with E-state index in [2.05, 4.69) is 40.2 Å². The number of hydrogen-bond acceptors (Lipinski definition) is 7. The number of pyridine rings is 1. The van der Waals surface area contributed by atoms with E-state index in [1.165, 1.54) is 0 Å². The number of benzene rings is 2. The molecule has 8 heteroatoms. The molecule has 0 atom stereocenters. The fourth-order valence-electron chi connectivity index (χ4n) is 4.30. The predicted molar refractivity (Wildman–Crippen MR) is 139 cm³/mol. The Kier molecular flexibility index (Phi) is 7.18. The molecule has 4 N–H and O–H groups in total. The molecule has 1 fully saturated rings. The summed E-state index contributed by atoms with van der Waals surface area (Å²) in [4.78, 5) is 19.6. The van der Waals surface area contributed by atoms with E-state index in [4.69, 9.17) is 15.7 Å². The third kappa shape index (κ3) is 5.36. The number of nitrogens with two attached hydrogens (primary N) is 1. The van der Waals surface area contributed by atoms with Crippen LogP contribution in [0.1, 0.15) is 23.2 Å². The van der Waals surface area contributed by atoms with Gasteiger partial charge in [-0.15, -0.1) is 0 Å². The zero-order valence-electron chi connectivity index (χ0n) is 20.1. The van der Waals surface area contributed by atoms with Crippen LogP contribution in [-0.4, -0.2) is 55.6 Å². The zero-order chi connectivity index (χ0) is 24.9. The molecule has 3 aromatic rings. The molecule has 1 aliphatic heterocycles. The van der Waals surface area contributed by atoms with Crippen LogP contribution < -0.4 is 21.1 Å². The average molecular weight is 471 g/mol. The van der Waals surface area contributed by atoms with Crippen LogP contribution in [0.3, 0.4) is 0 Å². The first-order valence-electron chi connectivity index (χ1n) is 11.6. The normalized spacial score (nSPS) is 14.3. The van der Waals surface area contributed by atoms with Crippen molar-refractivity contribution in [1.29, 1.82) is 5.26 Å². The summed E-state index contributed by atoms with van der Waals surface area (Å²) in [5.74, 6) is 0.666. The number of ether oxygens (including phenoxy) is 1. The van der Waals surface area contributed by atoms with Crippen molar-refractivity contribution in [1.82, 2.24) is 15.2 Å². The second kappa shape index (κ2) is 10.5. The molecule has 0 saturated carbocycles. The Bertz CT molecular complexity index is 1310. The molecule has 0 unspecified atom stereocenters. The van der Waals surface area contributed by atoms with Crippen molar-refractivity contribution >= 4 is 28.2 Å². The second-order valence-electron chi connectivity index (χ2n) is 8.86. The number of nitrogen functional groups attached to an aromatic ring is 1. The van der Waals surface area contributed by atoms with Crippen molar-refractivity contribution in [2.75, 3.05) is 44.8 Å². The predicted octanol–water partition coefficient (Wildman–Crippen LogP) is 3.81. The number of likely N-dealkylation sites (tertiary alicyclic amines) is 1. The monoisotopic (exact) mass is 470 g/mol. The summed E-state index contributed by atoms with van der Waals surface area (Å²) in [7, 11) is 3.69. The Morgan fingerprint density at radius 3 is 2.71 bits per heavy atom. The maximum atomic E-state index is 13.0. The molecule has 2 aromatic carbocycles. The summed E-state index contributed by atoms with van der Waals surface area (Å²) in [5, 5.41) is 17.4. The van der Waals surface area contributed by atoms with E-state index in [1.807, 2.05) is 30.3 Å². The highest BCUT2D eigenvalue weighted by atomic mass is 16.5. The Labute approximate surface area is 205 Å². The molecule has 8 nitrogen and oxygen atoms in total. The van der Waals surface area contributed by atoms with Gasteiger partial charge in [-0.25, -0.2) is 4.98 Å². The first-order chi connectivity index (χ1) is 16.9. The molecule has 2 heterocycles. The third-order valence-electron chi connectivity index (χ3n) is 6.39. The number of aromatic nitrogens is 1. The van der Waals surface area contributed by atoms with Gasteiger partial charge in [0.05, 0.1) is 24.4 Å². The number of nitrogens with one attached hydrogen (secondary N) is 2. The van der Waals surface area contributed by atoms with Gasteiger partial charge >= 0.3 is 0 Å². The van der Waals surface area contributed by atoms with Gasteiger partial charge in [0, 0.05) is 35.3 Å². The van der Waals surface area contributed by atoms with Crippen LogP contribution in [0.2, 0.25) is 0 Å². The van der Waals surface area contributed by atoms with Crippen LogP contribution in [0.5, 0.6) is 5.75 Å². The Balaban J connectivity index is 1.66. The van der Waals surface area contributed by atoms with Gasteiger partial charge < -0.3 is 26.0 Å². The third-order valence-corrected chi connectivity index (χ3v) is 6.39. The van der Waals surface area contributed by atoms with Gasteiger partial charge in [-0.2, -0.15) is 5.26 Å². The number of piperidine rings is 1. The number of fused-ring (bicyclic) bond motifs is 1. The lowest BCUT2D eigenvalue weighted by molar-refractivity contribution is 0.0917. The van der Waals surface area contributed by atoms with Crippen molar-refractivity contribution in [2.45, 2.75) is 18.9 Å². The SMILES string of the molecule is C=C(C#N)CNc1c(OC)ccc2ccc(-c3cnc(N)c(C(=O)NC4CCN(C)CC4)c3)cc12. The number of carbonyl (C=O) groups excluding carboxylic acids is 1. The van der Waals surface area contributed by atoms with E-state index in [9.17, 15) is 4.79 Å². The van der Waals surface area contributed by atoms with Crippen LogP contribution in [0.4, 0.5) is 11.5 Å². The number of hydrogen-bond donors (Lipinski definition) is 3. The number of nitrogens with zero attached hydrogens (tertiary/aromatic N) is 3. The van der Waals surface area contributed by atoms with Crippen molar-refractivity contribution < 1.29 is 9.53 Å². The van der Waals surface area contributed by atoms with Gasteiger partial charge in [-0.3, -0.25) is 4.79 Å². The molecule has 0 spiro atoms. The Hall–Kier alpha value is -4.09. The first-order valence-corrected chi connectivity index (χ1v) is 11.6. The highest BCUT2D eigenvalue weighted by molar-refractivity contribution is 6.01. The van der Waals surface area contributed by atoms with Crippen molar-refractivity contribution in [3.8, 4) is 22.9 Å². The first kappa shape index (κ1) is 24.0. The number of nitriles is 1. The van der Waals surface area contributed by atoms with Gasteiger partial charge in [-0.05, 0) is 62.1 Å². The van der Waals surface area contributed by atoms with Crippen LogP contribution in [0.25, 0.3) is 21.9 Å². The summed E-state index contributed by atoms with van der Waals surface area (Å²) in [6.07, 6.45) is 3.50. The molecule has 180 valence electrons. The maximum Gasteiger partial charge on any atom is 0.255 e. The van der Waals surface area contributed by atoms with E-state index in [0.717, 1.165) is 53.5 Å². The van der Waals surface area contributed by atoms with Crippen LogP contribution >= 0.6 is 0 Å². The molecule has 4 rings (SSSR count). The standard InChI is InChI=1S/C27H30N6O2/c1-17(14-28)15-30-25-22-12-19(5-4-18(22)6-7-24(25)35-3)20-13-23(26(29)31-16-20)27(34)32-21-8-10-33(2)11-9-21/h4-7,12-13,16,21,30H,1,8-11,15H2,2-3H3,(H2,29,31)(H,32,34). The molecule has 0 radical (unpaired) electrons. The minimum absolute atomic E-state index is 0.131. The molecule has 1 saturated heterocycles. The fourth-order valence-corrected chi connectivity index (χ4v) is 4.30. The summed E-state index contributed by atoms with van der Waals surface area (Å²) >= 11 is 0. The molecule has 1 amide bonds. The number of anilines is 2. The van der Waals surface area contributed by atoms with E-state index >= 15 is 0 Å². The fraction of sp³-hybridized carbons (Fsp3) is 0.296. The van der Waals surface area contributed by atoms with E-state index < -0.39 is 0 Å². The lowest BCUT2D eigenvalue weighted by Crippen LogP contribution is -2.43. The number of methoxy groups -OCH3 is 1. The number of carbonyl (C=O) groups is 1. The van der Waals surface area contributed by atoms with E-state index in [1.54, 1.807) is 19.4 Å². The van der Waals surface area contributed by atoms with E-state index in [0.29, 0.717) is 23.4 Å². The molecular formula is C27H30N6O2. The minimum Gasteiger partial charge on any atom is -0.495 e. The summed E-state index contributed by atoms with van der Waals surface area (Å²) in [5.41, 5.74) is 9.31. The van der Waals surface area contributed by atoms with Crippen molar-refractivity contribution in [3.05, 3.63) is 60.3 Å². The molecule has 35 heavy (non-hydrogen) atoms. The number of amides is 1. The van der Waals surface area contributed by atoms with Crippen LogP contribution in [0, 0.1) is 11.3 Å². The largest absolute Gasteiger partial charge is 0.495 e. The molecule has 1 aliphatic rings. The van der Waals surface area contributed by atoms with Gasteiger partial charge in [0.25, 0.3) is 5.91 Å². The minimum atomic E-state index is -0.203. The highest BCUT2D eigenvalue weighted by Gasteiger charge is 2.21. The van der Waals surface area contributed by atoms with Gasteiger partial charge in [0.2, 0.25) is 0 Å². The Morgan fingerprint density at radius 2 is 2.00 bits per heavy atom. The summed E-state index contributed by atoms with van der Waals surface area (Å²) in [6.45, 7) is 5.96. The van der Waals surface area contributed by atoms with Gasteiger partial charge in [0.15, 0.2) is 0 Å². The second-order valence-corrected chi connectivity index (χ2v) is 8.86. The smallest absolute Gasteiger partial charge is 0.255 e. The Morgan fingerprint density at radius 1 is 1.26 bits per heavy atom. The van der Waals surface area contributed by atoms with Crippen molar-refractivity contribution in [3.63, 3.8) is 0 Å². The average Bonchev–Trinajstić information content (AvgIpc) is 2.88. The molecule has 1 aromatic heterocycles. The van der Waals surface area contributed by atoms with Gasteiger partial charge in [0.1, 0.15) is 11.6 Å². The topological polar surface area (TPSA) is 116 Å². The lowest BCUT2D eigenvalue weighted by atomic mass is 9.99. The highest BCUT2D eigenvalue weighted by Crippen LogP contribution is 2.36. The molecular weight excluding hydrogens is 440 g/mol. The molecule has 0 aliphatic carbocycles. The zero-order valence-corrected chi connectivity index (χ0v) is 20.1. The van der Waals surface area contributed by atoms with Crippen LogP contribution in [-0.2, 0) is 0 Å². The maximum absolute atomic E-state index is 13.0. The van der Waals surface area contributed by atoms with Gasteiger partial charge in [-0.1, -0.05) is 24.8 Å². The summed E-state index contributed by atoms with van der Waals surface area (Å²) in [6, 6.07) is 13.8. The number of rotatable bonds is 7. The molecule has 0 bridgehead atoms. The quantitative estimate of drug-likeness (QED) is 0.450. The van der Waals surface area contributed by atoms with Crippen molar-refractivity contribution in [2.24, 2.45) is 0 Å². The lowest BCUT2D eigenvalue weighted by Gasteiger charge is -2.29. The summed E-state index contributed by atoms with van der Waals surface area (Å²) < 4.78 is 5.55.